The lowest BCUT2D eigenvalue weighted by Gasteiger charge is -2.10. The fourth-order valence-electron chi connectivity index (χ4n) is 2.00. The van der Waals surface area contributed by atoms with Crippen LogP contribution in [0.15, 0.2) is 28.7 Å². The van der Waals surface area contributed by atoms with E-state index < -0.39 is 0 Å². The summed E-state index contributed by atoms with van der Waals surface area (Å²) in [4.78, 5) is 15.7. The van der Waals surface area contributed by atoms with Gasteiger partial charge in [-0.15, -0.1) is 11.3 Å². The summed E-state index contributed by atoms with van der Waals surface area (Å²) in [6.07, 6.45) is 1.76. The molecule has 0 bridgehead atoms. The van der Waals surface area contributed by atoms with E-state index in [0.29, 0.717) is 28.9 Å². The first-order valence-electron chi connectivity index (χ1n) is 7.97. The average Bonchev–Trinajstić information content (AvgIpc) is 3.07. The van der Waals surface area contributed by atoms with Gasteiger partial charge in [-0.1, -0.05) is 0 Å². The van der Waals surface area contributed by atoms with E-state index in [2.05, 4.69) is 15.5 Å². The second-order valence-corrected chi connectivity index (χ2v) is 5.84. The van der Waals surface area contributed by atoms with Crippen molar-refractivity contribution < 1.29 is 24.1 Å². The number of hydrogen-bond acceptors (Lipinski definition) is 9. The largest absolute Gasteiger partial charge is 0.493 e. The summed E-state index contributed by atoms with van der Waals surface area (Å²) in [5.41, 5.74) is 4.26. The van der Waals surface area contributed by atoms with Crippen molar-refractivity contribution in [1.29, 1.82) is 0 Å². The van der Waals surface area contributed by atoms with Gasteiger partial charge in [-0.25, -0.2) is 4.98 Å². The Morgan fingerprint density at radius 3 is 3.00 bits per heavy atom. The molecule has 0 spiro atoms. The molecule has 2 N–H and O–H groups in total. The lowest BCUT2D eigenvalue weighted by Crippen LogP contribution is -2.07. The number of aromatic nitrogens is 1. The summed E-state index contributed by atoms with van der Waals surface area (Å²) >= 11 is 1.35. The zero-order valence-corrected chi connectivity index (χ0v) is 15.4. The molecule has 1 aromatic heterocycles. The van der Waals surface area contributed by atoms with Crippen LogP contribution < -0.4 is 14.9 Å². The maximum Gasteiger partial charge on any atom is 0.311 e. The smallest absolute Gasteiger partial charge is 0.311 e. The van der Waals surface area contributed by atoms with Crippen molar-refractivity contribution in [3.05, 3.63) is 34.8 Å². The molecular weight excluding hydrogens is 358 g/mol. The normalized spacial score (nSPS) is 10.7. The van der Waals surface area contributed by atoms with Crippen LogP contribution in [-0.4, -0.2) is 49.2 Å². The number of nitrogens with one attached hydrogen (secondary N) is 1. The molecule has 0 aliphatic heterocycles. The van der Waals surface area contributed by atoms with Crippen molar-refractivity contribution in [3.63, 3.8) is 0 Å². The Morgan fingerprint density at radius 1 is 1.42 bits per heavy atom. The quantitative estimate of drug-likeness (QED) is 0.370. The third-order valence-corrected chi connectivity index (χ3v) is 3.89. The van der Waals surface area contributed by atoms with Crippen LogP contribution >= 0.6 is 11.3 Å². The van der Waals surface area contributed by atoms with Crippen molar-refractivity contribution in [3.8, 4) is 11.5 Å². The summed E-state index contributed by atoms with van der Waals surface area (Å²) in [5.74, 6) is 0.798. The maximum atomic E-state index is 11.4. The van der Waals surface area contributed by atoms with E-state index in [4.69, 9.17) is 19.3 Å². The first kappa shape index (κ1) is 19.7. The number of carbonyl (C=O) groups excluding carboxylic acids is 1. The molecule has 140 valence electrons. The molecule has 0 atom stereocenters. The summed E-state index contributed by atoms with van der Waals surface area (Å²) in [7, 11) is 1.54. The third-order valence-electron chi connectivity index (χ3n) is 3.09. The molecule has 1 aromatic carbocycles. The molecule has 0 fully saturated rings. The molecule has 26 heavy (non-hydrogen) atoms. The van der Waals surface area contributed by atoms with Gasteiger partial charge < -0.3 is 19.3 Å². The van der Waals surface area contributed by atoms with Gasteiger partial charge >= 0.3 is 5.97 Å². The molecule has 2 aromatic rings. The van der Waals surface area contributed by atoms with E-state index >= 15 is 0 Å². The Kier molecular flexibility index (Phi) is 7.84. The summed E-state index contributed by atoms with van der Waals surface area (Å²) in [6, 6.07) is 5.33. The second kappa shape index (κ2) is 10.4. The van der Waals surface area contributed by atoms with E-state index in [1.807, 2.05) is 6.07 Å². The van der Waals surface area contributed by atoms with Gasteiger partial charge in [0, 0.05) is 5.38 Å². The molecule has 0 aliphatic rings. The van der Waals surface area contributed by atoms with Crippen molar-refractivity contribution in [2.24, 2.45) is 5.10 Å². The number of hydrogen-bond donors (Lipinski definition) is 2. The Bertz CT molecular complexity index is 748. The number of methoxy groups -OCH3 is 1. The fraction of sp³-hybridized carbons (Fsp3) is 0.353. The Hall–Kier alpha value is -2.65. The van der Waals surface area contributed by atoms with E-state index in [0.717, 1.165) is 5.56 Å². The highest BCUT2D eigenvalue weighted by Crippen LogP contribution is 2.27. The van der Waals surface area contributed by atoms with Crippen molar-refractivity contribution in [1.82, 2.24) is 4.98 Å². The van der Waals surface area contributed by atoms with E-state index in [-0.39, 0.29) is 25.6 Å². The molecule has 0 unspecified atom stereocenters. The van der Waals surface area contributed by atoms with Crippen LogP contribution in [0.5, 0.6) is 11.5 Å². The minimum absolute atomic E-state index is 0.0672. The minimum Gasteiger partial charge on any atom is -0.493 e. The third kappa shape index (κ3) is 6.01. The number of aliphatic hydroxyl groups is 1. The van der Waals surface area contributed by atoms with Gasteiger partial charge in [-0.05, 0) is 30.7 Å². The highest BCUT2D eigenvalue weighted by atomic mass is 32.1. The van der Waals surface area contributed by atoms with Crippen molar-refractivity contribution in [2.75, 3.05) is 32.4 Å². The number of nitrogens with zero attached hydrogens (tertiary/aromatic N) is 2. The van der Waals surface area contributed by atoms with Gasteiger partial charge in [0.2, 0.25) is 5.13 Å². The Labute approximate surface area is 155 Å². The summed E-state index contributed by atoms with van der Waals surface area (Å²) in [6.45, 7) is 2.25. The average molecular weight is 379 g/mol. The standard InChI is InChI=1S/C17H21N3O5S/c1-3-24-16(22)9-13-11-26-17(19-13)20-18-10-12-4-5-14(25-7-6-21)15(8-12)23-2/h4-5,8,10-11,21H,3,6-7,9H2,1-2H3,(H,19,20). The number of thiazole rings is 1. The van der Waals surface area contributed by atoms with Crippen molar-refractivity contribution in [2.45, 2.75) is 13.3 Å². The number of hydrazone groups is 1. The second-order valence-electron chi connectivity index (χ2n) is 4.98. The van der Waals surface area contributed by atoms with Gasteiger partial charge in [0.25, 0.3) is 0 Å². The molecule has 1 heterocycles. The number of ether oxygens (including phenoxy) is 3. The van der Waals surface area contributed by atoms with Crippen LogP contribution in [0.4, 0.5) is 5.13 Å². The first-order chi connectivity index (χ1) is 12.7. The molecule has 0 radical (unpaired) electrons. The van der Waals surface area contributed by atoms with Crippen LogP contribution in [0, 0.1) is 0 Å². The minimum atomic E-state index is -0.302. The Balaban J connectivity index is 1.93. The van der Waals surface area contributed by atoms with E-state index in [9.17, 15) is 4.79 Å². The molecule has 0 aliphatic carbocycles. The van der Waals surface area contributed by atoms with Gasteiger partial charge in [0.05, 0.1) is 38.7 Å². The number of benzene rings is 1. The zero-order valence-electron chi connectivity index (χ0n) is 14.6. The fourth-order valence-corrected chi connectivity index (χ4v) is 2.66. The Morgan fingerprint density at radius 2 is 2.27 bits per heavy atom. The van der Waals surface area contributed by atoms with Gasteiger partial charge in [-0.3, -0.25) is 10.2 Å². The number of esters is 1. The van der Waals surface area contributed by atoms with Crippen LogP contribution in [0.2, 0.25) is 0 Å². The molecular formula is C17H21N3O5S. The topological polar surface area (TPSA) is 102 Å². The highest BCUT2D eigenvalue weighted by molar-refractivity contribution is 7.13. The number of carbonyl (C=O) groups is 1. The van der Waals surface area contributed by atoms with Crippen molar-refractivity contribution >= 4 is 28.7 Å². The molecule has 0 saturated carbocycles. The van der Waals surface area contributed by atoms with E-state index in [1.165, 1.54) is 11.3 Å². The van der Waals surface area contributed by atoms with Gasteiger partial charge in [0.1, 0.15) is 6.61 Å². The van der Waals surface area contributed by atoms with E-state index in [1.54, 1.807) is 37.8 Å². The zero-order chi connectivity index (χ0) is 18.8. The maximum absolute atomic E-state index is 11.4. The number of anilines is 1. The highest BCUT2D eigenvalue weighted by Gasteiger charge is 2.08. The van der Waals surface area contributed by atoms with Crippen LogP contribution in [0.3, 0.4) is 0 Å². The summed E-state index contributed by atoms with van der Waals surface area (Å²) < 4.78 is 15.5. The van der Waals surface area contributed by atoms with Gasteiger partial charge in [0.15, 0.2) is 11.5 Å². The van der Waals surface area contributed by atoms with Crippen LogP contribution in [0.1, 0.15) is 18.2 Å². The molecule has 0 amide bonds. The number of aliphatic hydroxyl groups excluding tert-OH is 1. The first-order valence-corrected chi connectivity index (χ1v) is 8.85. The monoisotopic (exact) mass is 379 g/mol. The molecule has 2 rings (SSSR count). The van der Waals surface area contributed by atoms with Crippen LogP contribution in [0.25, 0.3) is 0 Å². The SMILES string of the molecule is CCOC(=O)Cc1csc(NN=Cc2ccc(OCCO)c(OC)c2)n1. The summed E-state index contributed by atoms with van der Waals surface area (Å²) in [5, 5.41) is 15.3. The van der Waals surface area contributed by atoms with Crippen LogP contribution in [-0.2, 0) is 16.0 Å². The predicted molar refractivity (Wildman–Crippen MR) is 99.2 cm³/mol. The molecule has 9 heteroatoms. The van der Waals surface area contributed by atoms with Gasteiger partial charge in [-0.2, -0.15) is 5.10 Å². The number of rotatable bonds is 10. The molecule has 8 nitrogen and oxygen atoms in total. The lowest BCUT2D eigenvalue weighted by molar-refractivity contribution is -0.142. The lowest BCUT2D eigenvalue weighted by atomic mass is 10.2. The predicted octanol–water partition coefficient (Wildman–Crippen LogP) is 2.07. The molecule has 0 saturated heterocycles.